The van der Waals surface area contributed by atoms with Crippen molar-refractivity contribution in [3.8, 4) is 33.7 Å². The van der Waals surface area contributed by atoms with Crippen molar-refractivity contribution < 1.29 is 19.3 Å². The molecule has 0 saturated carbocycles. The largest absolute Gasteiger partial charge is 0.493 e. The lowest BCUT2D eigenvalue weighted by molar-refractivity contribution is 0.196. The summed E-state index contributed by atoms with van der Waals surface area (Å²) in [7, 11) is 1.57. The van der Waals surface area contributed by atoms with Gasteiger partial charge in [-0.1, -0.05) is 0 Å². The first-order valence-corrected chi connectivity index (χ1v) is 11.0. The van der Waals surface area contributed by atoms with Gasteiger partial charge in [0.1, 0.15) is 23.1 Å². The number of aliphatic hydroxyl groups excluding tert-OH is 1. The number of nitrogens with zero attached hydrogens (tertiary/aromatic N) is 3. The Bertz CT molecular complexity index is 1270. The van der Waals surface area contributed by atoms with Crippen LogP contribution >= 0.6 is 11.3 Å². The molecule has 0 radical (unpaired) electrons. The second kappa shape index (κ2) is 9.10. The molecule has 3 aromatic heterocycles. The van der Waals surface area contributed by atoms with Gasteiger partial charge in [0, 0.05) is 28.2 Å². The van der Waals surface area contributed by atoms with E-state index in [2.05, 4.69) is 11.9 Å². The Balaban J connectivity index is 1.82. The topological polar surface area (TPSA) is 86.6 Å². The fraction of sp³-hybridized carbons (Fsp3) is 0.292. The van der Waals surface area contributed by atoms with Gasteiger partial charge in [0.25, 0.3) is 0 Å². The van der Waals surface area contributed by atoms with Gasteiger partial charge in [-0.25, -0.2) is 9.97 Å². The van der Waals surface area contributed by atoms with Crippen LogP contribution in [0.15, 0.2) is 30.5 Å². The molecule has 0 saturated heterocycles. The summed E-state index contributed by atoms with van der Waals surface area (Å²) in [6.07, 6.45) is 1.69. The Hall–Kier alpha value is -3.23. The molecule has 3 heterocycles. The van der Waals surface area contributed by atoms with Gasteiger partial charge in [-0.3, -0.25) is 4.98 Å². The Kier molecular flexibility index (Phi) is 6.25. The molecule has 0 atom stereocenters. The third-order valence-corrected chi connectivity index (χ3v) is 6.30. The van der Waals surface area contributed by atoms with E-state index in [1.54, 1.807) is 30.7 Å². The standard InChI is InChI=1S/C24H25N3O4S/c1-13-10-22(23(26-14(13)2)24-27-15(3)16(4)32-24)31-19-6-7-25-18-12-21(30-9-8-28)20(29-5)11-17(18)19/h6-7,10-12,28H,8-9H2,1-5H3. The molecule has 0 bridgehead atoms. The number of aryl methyl sites for hydroxylation is 4. The van der Waals surface area contributed by atoms with Gasteiger partial charge in [-0.05, 0) is 51.5 Å². The zero-order valence-electron chi connectivity index (χ0n) is 18.7. The second-order valence-electron chi connectivity index (χ2n) is 7.40. The van der Waals surface area contributed by atoms with Crippen LogP contribution in [0.3, 0.4) is 0 Å². The van der Waals surface area contributed by atoms with Gasteiger partial charge in [0.05, 0.1) is 24.9 Å². The highest BCUT2D eigenvalue weighted by Gasteiger charge is 2.18. The summed E-state index contributed by atoms with van der Waals surface area (Å²) in [5.41, 5.74) is 4.37. The minimum Gasteiger partial charge on any atom is -0.493 e. The summed E-state index contributed by atoms with van der Waals surface area (Å²) in [5, 5.41) is 10.7. The number of methoxy groups -OCH3 is 1. The number of ether oxygens (including phenoxy) is 3. The van der Waals surface area contributed by atoms with E-state index in [0.29, 0.717) is 34.2 Å². The first-order valence-electron chi connectivity index (χ1n) is 10.2. The van der Waals surface area contributed by atoms with E-state index in [1.165, 1.54) is 0 Å². The van der Waals surface area contributed by atoms with E-state index < -0.39 is 0 Å². The predicted molar refractivity (Wildman–Crippen MR) is 125 cm³/mol. The van der Waals surface area contributed by atoms with Crippen LogP contribution in [-0.4, -0.2) is 40.4 Å². The number of pyridine rings is 2. The molecule has 7 nitrogen and oxygen atoms in total. The summed E-state index contributed by atoms with van der Waals surface area (Å²) in [5.74, 6) is 2.31. The zero-order chi connectivity index (χ0) is 22.8. The maximum atomic E-state index is 9.08. The predicted octanol–water partition coefficient (Wildman–Crippen LogP) is 5.16. The molecular formula is C24H25N3O4S. The average molecular weight is 452 g/mol. The minimum absolute atomic E-state index is 0.0873. The Morgan fingerprint density at radius 2 is 1.75 bits per heavy atom. The zero-order valence-corrected chi connectivity index (χ0v) is 19.5. The van der Waals surface area contributed by atoms with E-state index in [0.717, 1.165) is 32.2 Å². The van der Waals surface area contributed by atoms with Gasteiger partial charge in [0.2, 0.25) is 0 Å². The normalized spacial score (nSPS) is 11.1. The Labute approximate surface area is 190 Å². The smallest absolute Gasteiger partial charge is 0.163 e. The highest BCUT2D eigenvalue weighted by molar-refractivity contribution is 7.15. The third kappa shape index (κ3) is 4.24. The summed E-state index contributed by atoms with van der Waals surface area (Å²) in [6.45, 7) is 8.12. The molecular weight excluding hydrogens is 426 g/mol. The van der Waals surface area contributed by atoms with E-state index in [9.17, 15) is 0 Å². The lowest BCUT2D eigenvalue weighted by atomic mass is 10.1. The van der Waals surface area contributed by atoms with Crippen LogP contribution in [0.1, 0.15) is 21.8 Å². The number of fused-ring (bicyclic) bond motifs is 1. The van der Waals surface area contributed by atoms with Crippen LogP contribution in [0, 0.1) is 27.7 Å². The maximum absolute atomic E-state index is 9.08. The average Bonchev–Trinajstić information content (AvgIpc) is 3.12. The number of hydrogen-bond acceptors (Lipinski definition) is 8. The molecule has 0 spiro atoms. The van der Waals surface area contributed by atoms with Crippen LogP contribution in [0.5, 0.6) is 23.0 Å². The number of aliphatic hydroxyl groups is 1. The van der Waals surface area contributed by atoms with Crippen molar-refractivity contribution in [3.05, 3.63) is 52.3 Å². The van der Waals surface area contributed by atoms with E-state index in [1.807, 2.05) is 39.0 Å². The van der Waals surface area contributed by atoms with Crippen molar-refractivity contribution in [1.82, 2.24) is 15.0 Å². The van der Waals surface area contributed by atoms with Crippen LogP contribution in [0.2, 0.25) is 0 Å². The van der Waals surface area contributed by atoms with E-state index >= 15 is 0 Å². The van der Waals surface area contributed by atoms with Gasteiger partial charge >= 0.3 is 0 Å². The number of aromatic nitrogens is 3. The van der Waals surface area contributed by atoms with Crippen LogP contribution < -0.4 is 14.2 Å². The summed E-state index contributed by atoms with van der Waals surface area (Å²) in [4.78, 5) is 15.1. The number of thiazole rings is 1. The van der Waals surface area contributed by atoms with Gasteiger partial charge in [-0.2, -0.15) is 0 Å². The molecule has 1 N–H and O–H groups in total. The first kappa shape index (κ1) is 22.0. The summed E-state index contributed by atoms with van der Waals surface area (Å²) in [6, 6.07) is 7.42. The van der Waals surface area contributed by atoms with Gasteiger partial charge < -0.3 is 19.3 Å². The molecule has 0 aliphatic rings. The monoisotopic (exact) mass is 451 g/mol. The SMILES string of the molecule is COc1cc2c(Oc3cc(C)c(C)nc3-c3nc(C)c(C)s3)ccnc2cc1OCCO. The van der Waals surface area contributed by atoms with Crippen molar-refractivity contribution in [3.63, 3.8) is 0 Å². The molecule has 4 rings (SSSR count). The molecule has 0 unspecified atom stereocenters. The lowest BCUT2D eigenvalue weighted by Crippen LogP contribution is -2.03. The number of rotatable bonds is 7. The highest BCUT2D eigenvalue weighted by Crippen LogP contribution is 2.40. The number of benzene rings is 1. The molecule has 0 aliphatic heterocycles. The fourth-order valence-electron chi connectivity index (χ4n) is 3.25. The number of hydrogen-bond donors (Lipinski definition) is 1. The molecule has 0 amide bonds. The molecule has 1 aromatic carbocycles. The summed E-state index contributed by atoms with van der Waals surface area (Å²) >= 11 is 1.60. The van der Waals surface area contributed by atoms with Crippen molar-refractivity contribution in [2.45, 2.75) is 27.7 Å². The summed E-state index contributed by atoms with van der Waals surface area (Å²) < 4.78 is 17.5. The van der Waals surface area contributed by atoms with Crippen molar-refractivity contribution >= 4 is 22.2 Å². The highest BCUT2D eigenvalue weighted by atomic mass is 32.1. The van der Waals surface area contributed by atoms with E-state index in [-0.39, 0.29) is 13.2 Å². The van der Waals surface area contributed by atoms with Crippen molar-refractivity contribution in [2.24, 2.45) is 0 Å². The maximum Gasteiger partial charge on any atom is 0.163 e. The quantitative estimate of drug-likeness (QED) is 0.415. The Morgan fingerprint density at radius 3 is 2.44 bits per heavy atom. The van der Waals surface area contributed by atoms with E-state index in [4.69, 9.17) is 29.3 Å². The van der Waals surface area contributed by atoms with Crippen molar-refractivity contribution in [1.29, 1.82) is 0 Å². The third-order valence-electron chi connectivity index (χ3n) is 5.22. The molecule has 4 aromatic rings. The molecule has 32 heavy (non-hydrogen) atoms. The van der Waals surface area contributed by atoms with Gasteiger partial charge in [0.15, 0.2) is 17.2 Å². The molecule has 8 heteroatoms. The van der Waals surface area contributed by atoms with Gasteiger partial charge in [-0.15, -0.1) is 11.3 Å². The Morgan fingerprint density at radius 1 is 0.938 bits per heavy atom. The van der Waals surface area contributed by atoms with Crippen LogP contribution in [0.4, 0.5) is 0 Å². The van der Waals surface area contributed by atoms with Crippen LogP contribution in [-0.2, 0) is 0 Å². The first-order chi connectivity index (χ1) is 15.4. The molecule has 166 valence electrons. The second-order valence-corrected chi connectivity index (χ2v) is 8.60. The van der Waals surface area contributed by atoms with Crippen LogP contribution in [0.25, 0.3) is 21.6 Å². The fourth-order valence-corrected chi connectivity index (χ4v) is 4.16. The molecule has 0 aliphatic carbocycles. The lowest BCUT2D eigenvalue weighted by Gasteiger charge is -2.15. The van der Waals surface area contributed by atoms with Crippen molar-refractivity contribution in [2.75, 3.05) is 20.3 Å². The minimum atomic E-state index is -0.0873. The molecule has 0 fully saturated rings.